The minimum Gasteiger partial charge on any atom is -0.493 e. The van der Waals surface area contributed by atoms with E-state index in [0.717, 1.165) is 5.56 Å². The lowest BCUT2D eigenvalue weighted by Gasteiger charge is -2.21. The SMILES string of the molecule is CNC(=O)C1(C)Cc2ccc(Oc3ncnc4cc(OC)c(OC)cc34)cc2O1. The zero-order chi connectivity index (χ0) is 20.6. The molecule has 1 amide bonds. The predicted molar refractivity (Wildman–Crippen MR) is 106 cm³/mol. The molecule has 1 aliphatic heterocycles. The normalized spacial score (nSPS) is 17.4. The molecule has 2 heterocycles. The van der Waals surface area contributed by atoms with Gasteiger partial charge in [-0.3, -0.25) is 4.79 Å². The molecular formula is C21H21N3O5. The van der Waals surface area contributed by atoms with E-state index in [1.807, 2.05) is 12.1 Å². The maximum atomic E-state index is 12.1. The lowest BCUT2D eigenvalue weighted by atomic mass is 9.98. The van der Waals surface area contributed by atoms with Crippen molar-refractivity contribution < 1.29 is 23.7 Å². The Morgan fingerprint density at radius 2 is 1.90 bits per heavy atom. The van der Waals surface area contributed by atoms with E-state index in [1.165, 1.54) is 6.33 Å². The average Bonchev–Trinajstić information content (AvgIpc) is 3.09. The second kappa shape index (κ2) is 7.12. The molecule has 150 valence electrons. The Morgan fingerprint density at radius 1 is 1.14 bits per heavy atom. The second-order valence-electron chi connectivity index (χ2n) is 6.86. The quantitative estimate of drug-likeness (QED) is 0.710. The summed E-state index contributed by atoms with van der Waals surface area (Å²) in [7, 11) is 4.73. The number of methoxy groups -OCH3 is 2. The van der Waals surface area contributed by atoms with Gasteiger partial charge in [-0.05, 0) is 24.6 Å². The summed E-state index contributed by atoms with van der Waals surface area (Å²) in [5.74, 6) is 2.50. The Hall–Kier alpha value is -3.55. The number of hydrogen-bond donors (Lipinski definition) is 1. The standard InChI is InChI=1S/C21H21N3O5/c1-21(20(25)22-2)10-12-5-6-13(7-16(12)29-21)28-19-14-8-17(26-3)18(27-4)9-15(14)23-11-24-19/h5-9,11H,10H2,1-4H3,(H,22,25). The molecule has 0 bridgehead atoms. The van der Waals surface area contributed by atoms with Crippen LogP contribution in [0.3, 0.4) is 0 Å². The van der Waals surface area contributed by atoms with Crippen molar-refractivity contribution in [1.29, 1.82) is 0 Å². The first-order valence-electron chi connectivity index (χ1n) is 9.06. The van der Waals surface area contributed by atoms with Crippen molar-refractivity contribution in [3.8, 4) is 28.9 Å². The number of carbonyl (C=O) groups is 1. The molecule has 0 saturated heterocycles. The molecule has 4 rings (SSSR count). The van der Waals surface area contributed by atoms with E-state index in [-0.39, 0.29) is 5.91 Å². The van der Waals surface area contributed by atoms with Gasteiger partial charge in [-0.1, -0.05) is 6.07 Å². The Balaban J connectivity index is 1.67. The van der Waals surface area contributed by atoms with Crippen LogP contribution < -0.4 is 24.3 Å². The van der Waals surface area contributed by atoms with Crippen LogP contribution in [-0.4, -0.2) is 42.7 Å². The van der Waals surface area contributed by atoms with Gasteiger partial charge in [-0.25, -0.2) is 9.97 Å². The largest absolute Gasteiger partial charge is 0.493 e. The molecule has 8 heteroatoms. The summed E-state index contributed by atoms with van der Waals surface area (Å²) >= 11 is 0. The average molecular weight is 395 g/mol. The summed E-state index contributed by atoms with van der Waals surface area (Å²) in [6.45, 7) is 1.77. The molecule has 1 aliphatic rings. The van der Waals surface area contributed by atoms with Crippen LogP contribution in [0, 0.1) is 0 Å². The van der Waals surface area contributed by atoms with Gasteiger partial charge in [0.05, 0.1) is 25.1 Å². The summed E-state index contributed by atoms with van der Waals surface area (Å²) < 4.78 is 22.6. The van der Waals surface area contributed by atoms with Gasteiger partial charge >= 0.3 is 0 Å². The highest BCUT2D eigenvalue weighted by Crippen LogP contribution is 2.40. The molecule has 8 nitrogen and oxygen atoms in total. The smallest absolute Gasteiger partial charge is 0.264 e. The molecule has 29 heavy (non-hydrogen) atoms. The summed E-state index contributed by atoms with van der Waals surface area (Å²) in [5, 5.41) is 3.32. The monoisotopic (exact) mass is 395 g/mol. The highest BCUT2D eigenvalue weighted by atomic mass is 16.5. The summed E-state index contributed by atoms with van der Waals surface area (Å²) in [4.78, 5) is 20.7. The van der Waals surface area contributed by atoms with E-state index in [1.54, 1.807) is 46.4 Å². The minimum absolute atomic E-state index is 0.168. The molecule has 1 unspecified atom stereocenters. The van der Waals surface area contributed by atoms with Crippen molar-refractivity contribution in [2.45, 2.75) is 18.9 Å². The third kappa shape index (κ3) is 3.26. The fraction of sp³-hybridized carbons (Fsp3) is 0.286. The first-order chi connectivity index (χ1) is 14.0. The van der Waals surface area contributed by atoms with E-state index < -0.39 is 5.60 Å². The van der Waals surface area contributed by atoms with Crippen LogP contribution in [0.1, 0.15) is 12.5 Å². The molecule has 2 aromatic carbocycles. The molecule has 3 aromatic rings. The molecular weight excluding hydrogens is 374 g/mol. The van der Waals surface area contributed by atoms with Crippen molar-refractivity contribution in [3.05, 3.63) is 42.2 Å². The highest BCUT2D eigenvalue weighted by Gasteiger charge is 2.41. The Labute approximate surface area is 167 Å². The van der Waals surface area contributed by atoms with E-state index in [0.29, 0.717) is 46.2 Å². The lowest BCUT2D eigenvalue weighted by molar-refractivity contribution is -0.133. The summed E-state index contributed by atoms with van der Waals surface area (Å²) in [6.07, 6.45) is 1.92. The number of amides is 1. The minimum atomic E-state index is -0.929. The van der Waals surface area contributed by atoms with Crippen molar-refractivity contribution in [2.24, 2.45) is 0 Å². The van der Waals surface area contributed by atoms with E-state index in [4.69, 9.17) is 18.9 Å². The molecule has 0 saturated carbocycles. The molecule has 0 fully saturated rings. The molecule has 0 aliphatic carbocycles. The number of rotatable bonds is 5. The molecule has 0 spiro atoms. The first kappa shape index (κ1) is 18.8. The van der Waals surface area contributed by atoms with Crippen LogP contribution in [0.4, 0.5) is 0 Å². The third-order valence-corrected chi connectivity index (χ3v) is 4.93. The second-order valence-corrected chi connectivity index (χ2v) is 6.86. The zero-order valence-corrected chi connectivity index (χ0v) is 16.6. The van der Waals surface area contributed by atoms with E-state index in [2.05, 4.69) is 15.3 Å². The van der Waals surface area contributed by atoms with Crippen molar-refractivity contribution >= 4 is 16.8 Å². The Bertz CT molecular complexity index is 1100. The summed E-state index contributed by atoms with van der Waals surface area (Å²) in [5.41, 5.74) is 0.681. The Morgan fingerprint density at radius 3 is 2.62 bits per heavy atom. The number of fused-ring (bicyclic) bond motifs is 2. The Kier molecular flexibility index (Phi) is 4.62. The predicted octanol–water partition coefficient (Wildman–Crippen LogP) is 2.88. The number of benzene rings is 2. The maximum absolute atomic E-state index is 12.1. The van der Waals surface area contributed by atoms with Gasteiger partial charge in [0.2, 0.25) is 5.88 Å². The number of nitrogens with one attached hydrogen (secondary N) is 1. The number of aromatic nitrogens is 2. The maximum Gasteiger partial charge on any atom is 0.264 e. The molecule has 1 atom stereocenters. The van der Waals surface area contributed by atoms with Gasteiger partial charge in [0.15, 0.2) is 17.1 Å². The van der Waals surface area contributed by atoms with Gasteiger partial charge in [0, 0.05) is 25.6 Å². The number of hydrogen-bond acceptors (Lipinski definition) is 7. The van der Waals surface area contributed by atoms with Crippen LogP contribution in [-0.2, 0) is 11.2 Å². The number of carbonyl (C=O) groups excluding carboxylic acids is 1. The van der Waals surface area contributed by atoms with Gasteiger partial charge in [-0.2, -0.15) is 0 Å². The zero-order valence-electron chi connectivity index (χ0n) is 16.6. The van der Waals surface area contributed by atoms with Crippen molar-refractivity contribution in [3.63, 3.8) is 0 Å². The van der Waals surface area contributed by atoms with Gasteiger partial charge in [-0.15, -0.1) is 0 Å². The third-order valence-electron chi connectivity index (χ3n) is 4.93. The number of nitrogens with zero attached hydrogens (tertiary/aromatic N) is 2. The lowest BCUT2D eigenvalue weighted by Crippen LogP contribution is -2.46. The van der Waals surface area contributed by atoms with Crippen molar-refractivity contribution in [1.82, 2.24) is 15.3 Å². The van der Waals surface area contributed by atoms with E-state index >= 15 is 0 Å². The van der Waals surface area contributed by atoms with Gasteiger partial charge in [0.25, 0.3) is 5.91 Å². The van der Waals surface area contributed by atoms with Crippen LogP contribution in [0.15, 0.2) is 36.7 Å². The van der Waals surface area contributed by atoms with Crippen LogP contribution >= 0.6 is 0 Å². The highest BCUT2D eigenvalue weighted by molar-refractivity contribution is 5.87. The summed E-state index contributed by atoms with van der Waals surface area (Å²) in [6, 6.07) is 9.02. The van der Waals surface area contributed by atoms with Crippen LogP contribution in [0.25, 0.3) is 10.9 Å². The van der Waals surface area contributed by atoms with Crippen molar-refractivity contribution in [2.75, 3.05) is 21.3 Å². The first-order valence-corrected chi connectivity index (χ1v) is 9.06. The number of likely N-dealkylation sites (N-methyl/N-ethyl adjacent to an activating group) is 1. The fourth-order valence-corrected chi connectivity index (χ4v) is 3.43. The van der Waals surface area contributed by atoms with Gasteiger partial charge in [0.1, 0.15) is 17.8 Å². The fourth-order valence-electron chi connectivity index (χ4n) is 3.43. The van der Waals surface area contributed by atoms with Crippen LogP contribution in [0.5, 0.6) is 28.9 Å². The number of ether oxygens (including phenoxy) is 4. The van der Waals surface area contributed by atoms with Gasteiger partial charge < -0.3 is 24.3 Å². The molecule has 0 radical (unpaired) electrons. The topological polar surface area (TPSA) is 91.8 Å². The van der Waals surface area contributed by atoms with Crippen LogP contribution in [0.2, 0.25) is 0 Å². The molecule has 1 aromatic heterocycles. The molecule has 1 N–H and O–H groups in total. The van der Waals surface area contributed by atoms with E-state index in [9.17, 15) is 4.79 Å².